The number of nitrogens with one attached hydrogen (secondary N) is 1. The van der Waals surface area contributed by atoms with Crippen molar-refractivity contribution in [2.45, 2.75) is 26.1 Å². The fraction of sp³-hybridized carbons (Fsp3) is 0.316. The summed E-state index contributed by atoms with van der Waals surface area (Å²) < 4.78 is 36.7. The molecule has 1 fully saturated rings. The Labute approximate surface area is 157 Å². The van der Waals surface area contributed by atoms with Crippen LogP contribution in [0.3, 0.4) is 0 Å². The van der Waals surface area contributed by atoms with Crippen molar-refractivity contribution in [1.29, 1.82) is 0 Å². The second kappa shape index (κ2) is 6.16. The second-order valence-corrected chi connectivity index (χ2v) is 9.02. The van der Waals surface area contributed by atoms with Gasteiger partial charge in [-0.1, -0.05) is 0 Å². The topological polar surface area (TPSA) is 84.9 Å². The van der Waals surface area contributed by atoms with Gasteiger partial charge in [-0.15, -0.1) is 0 Å². The Morgan fingerprint density at radius 2 is 1.78 bits per heavy atom. The van der Waals surface area contributed by atoms with Gasteiger partial charge in [0.1, 0.15) is 0 Å². The number of hydrogen-bond acceptors (Lipinski definition) is 5. The summed E-state index contributed by atoms with van der Waals surface area (Å²) in [4.78, 5) is 12.5. The lowest BCUT2D eigenvalue weighted by atomic mass is 10.2. The summed E-state index contributed by atoms with van der Waals surface area (Å²) in [6, 6.07) is 11.8. The van der Waals surface area contributed by atoms with Crippen LogP contribution in [0.2, 0.25) is 0 Å². The SMILES string of the molecule is CC1(C)Oc2ccc(NC(=O)c3ccc(N4CCCS4(=O)=O)cc3)cc2O1. The van der Waals surface area contributed by atoms with Crippen LogP contribution in [-0.2, 0) is 10.0 Å². The largest absolute Gasteiger partial charge is 0.449 e. The molecule has 2 aromatic rings. The fourth-order valence-corrected chi connectivity index (χ4v) is 4.78. The smallest absolute Gasteiger partial charge is 0.255 e. The molecule has 0 spiro atoms. The number of amides is 1. The molecule has 2 aliphatic rings. The molecule has 2 aliphatic heterocycles. The van der Waals surface area contributed by atoms with Crippen LogP contribution in [0.5, 0.6) is 11.5 Å². The number of fused-ring (bicyclic) bond motifs is 1. The van der Waals surface area contributed by atoms with E-state index in [-0.39, 0.29) is 11.7 Å². The molecule has 0 aliphatic carbocycles. The maximum atomic E-state index is 12.5. The number of hydrogen-bond donors (Lipinski definition) is 1. The number of sulfonamides is 1. The summed E-state index contributed by atoms with van der Waals surface area (Å²) in [7, 11) is -3.23. The standard InChI is InChI=1S/C19H20N2O5S/c1-19(2)25-16-9-6-14(12-17(16)26-19)20-18(22)13-4-7-15(8-5-13)21-10-3-11-27(21,23)24/h4-9,12H,3,10-11H2,1-2H3,(H,20,22). The molecule has 8 heteroatoms. The first-order valence-corrected chi connectivity index (χ1v) is 10.3. The van der Waals surface area contributed by atoms with E-state index in [4.69, 9.17) is 9.47 Å². The minimum atomic E-state index is -3.23. The molecule has 27 heavy (non-hydrogen) atoms. The minimum absolute atomic E-state index is 0.163. The first kappa shape index (κ1) is 17.7. The van der Waals surface area contributed by atoms with E-state index in [9.17, 15) is 13.2 Å². The maximum absolute atomic E-state index is 12.5. The van der Waals surface area contributed by atoms with Crippen LogP contribution in [0, 0.1) is 0 Å². The summed E-state index contributed by atoms with van der Waals surface area (Å²) in [6.07, 6.45) is 0.617. The van der Waals surface area contributed by atoms with E-state index in [0.29, 0.717) is 41.4 Å². The van der Waals surface area contributed by atoms with Gasteiger partial charge < -0.3 is 14.8 Å². The van der Waals surface area contributed by atoms with Gasteiger partial charge in [0.2, 0.25) is 15.8 Å². The molecule has 7 nitrogen and oxygen atoms in total. The first-order valence-electron chi connectivity index (χ1n) is 8.67. The predicted molar refractivity (Wildman–Crippen MR) is 102 cm³/mol. The van der Waals surface area contributed by atoms with Crippen LogP contribution in [0.1, 0.15) is 30.6 Å². The highest BCUT2D eigenvalue weighted by molar-refractivity contribution is 7.93. The first-order chi connectivity index (χ1) is 12.7. The van der Waals surface area contributed by atoms with Crippen molar-refractivity contribution in [3.8, 4) is 11.5 Å². The normalized spacial score (nSPS) is 19.1. The van der Waals surface area contributed by atoms with Crippen molar-refractivity contribution in [1.82, 2.24) is 0 Å². The molecule has 0 aromatic heterocycles. The van der Waals surface area contributed by atoms with E-state index in [1.54, 1.807) is 42.5 Å². The Balaban J connectivity index is 1.48. The highest BCUT2D eigenvalue weighted by Crippen LogP contribution is 2.40. The quantitative estimate of drug-likeness (QED) is 0.874. The van der Waals surface area contributed by atoms with Crippen LogP contribution >= 0.6 is 0 Å². The van der Waals surface area contributed by atoms with E-state index in [1.165, 1.54) is 4.31 Å². The van der Waals surface area contributed by atoms with Gasteiger partial charge in [-0.3, -0.25) is 9.10 Å². The van der Waals surface area contributed by atoms with Gasteiger partial charge in [0.25, 0.3) is 5.91 Å². The second-order valence-electron chi connectivity index (χ2n) is 7.01. The van der Waals surface area contributed by atoms with Crippen molar-refractivity contribution in [2.24, 2.45) is 0 Å². The average Bonchev–Trinajstić information content (AvgIpc) is 3.11. The van der Waals surface area contributed by atoms with Crippen molar-refractivity contribution in [2.75, 3.05) is 21.9 Å². The number of ether oxygens (including phenoxy) is 2. The number of rotatable bonds is 3. The van der Waals surface area contributed by atoms with E-state index in [0.717, 1.165) is 0 Å². The lowest BCUT2D eigenvalue weighted by Gasteiger charge is -2.17. The highest BCUT2D eigenvalue weighted by atomic mass is 32.2. The Bertz CT molecular complexity index is 999. The molecular formula is C19H20N2O5S. The third-order valence-corrected chi connectivity index (χ3v) is 6.30. The lowest BCUT2D eigenvalue weighted by Crippen LogP contribution is -2.29. The minimum Gasteiger partial charge on any atom is -0.449 e. The summed E-state index contributed by atoms with van der Waals surface area (Å²) in [5.74, 6) is 0.359. The molecule has 142 valence electrons. The van der Waals surface area contributed by atoms with Gasteiger partial charge in [0.05, 0.1) is 11.4 Å². The number of carbonyl (C=O) groups is 1. The summed E-state index contributed by atoms with van der Waals surface area (Å²) in [5, 5.41) is 2.81. The summed E-state index contributed by atoms with van der Waals surface area (Å²) in [5.41, 5.74) is 1.61. The Morgan fingerprint density at radius 1 is 1.07 bits per heavy atom. The molecule has 0 bridgehead atoms. The van der Waals surface area contributed by atoms with Gasteiger partial charge in [-0.05, 0) is 42.8 Å². The molecule has 1 amide bonds. The van der Waals surface area contributed by atoms with Gasteiger partial charge in [-0.2, -0.15) is 0 Å². The third kappa shape index (κ3) is 3.44. The molecule has 0 saturated carbocycles. The van der Waals surface area contributed by atoms with Crippen LogP contribution in [0.15, 0.2) is 42.5 Å². The Hall–Kier alpha value is -2.74. The zero-order valence-corrected chi connectivity index (χ0v) is 15.9. The zero-order valence-electron chi connectivity index (χ0n) is 15.1. The fourth-order valence-electron chi connectivity index (χ4n) is 3.21. The van der Waals surface area contributed by atoms with E-state index in [2.05, 4.69) is 5.32 Å². The lowest BCUT2D eigenvalue weighted by molar-refractivity contribution is -0.0431. The van der Waals surface area contributed by atoms with Crippen molar-refractivity contribution in [3.63, 3.8) is 0 Å². The molecule has 0 unspecified atom stereocenters. The monoisotopic (exact) mass is 388 g/mol. The highest BCUT2D eigenvalue weighted by Gasteiger charge is 2.32. The summed E-state index contributed by atoms with van der Waals surface area (Å²) >= 11 is 0. The van der Waals surface area contributed by atoms with Crippen molar-refractivity contribution in [3.05, 3.63) is 48.0 Å². The van der Waals surface area contributed by atoms with Crippen LogP contribution < -0.4 is 19.1 Å². The number of anilines is 2. The molecule has 1 saturated heterocycles. The van der Waals surface area contributed by atoms with Gasteiger partial charge in [-0.25, -0.2) is 8.42 Å². The summed E-state index contributed by atoms with van der Waals surface area (Å²) in [6.45, 7) is 4.10. The van der Waals surface area contributed by atoms with E-state index < -0.39 is 15.8 Å². The maximum Gasteiger partial charge on any atom is 0.255 e. The van der Waals surface area contributed by atoms with Gasteiger partial charge in [0.15, 0.2) is 11.5 Å². The van der Waals surface area contributed by atoms with Crippen LogP contribution in [0.4, 0.5) is 11.4 Å². The molecule has 2 aromatic carbocycles. The number of nitrogens with zero attached hydrogens (tertiary/aromatic N) is 1. The van der Waals surface area contributed by atoms with Gasteiger partial charge >= 0.3 is 0 Å². The Kier molecular flexibility index (Phi) is 4.03. The average molecular weight is 388 g/mol. The van der Waals surface area contributed by atoms with Crippen LogP contribution in [-0.4, -0.2) is 32.4 Å². The molecule has 0 radical (unpaired) electrons. The molecular weight excluding hydrogens is 368 g/mol. The molecule has 4 rings (SSSR count). The van der Waals surface area contributed by atoms with Crippen molar-refractivity contribution < 1.29 is 22.7 Å². The molecule has 2 heterocycles. The van der Waals surface area contributed by atoms with E-state index >= 15 is 0 Å². The third-order valence-electron chi connectivity index (χ3n) is 4.43. The molecule has 0 atom stereocenters. The Morgan fingerprint density at radius 3 is 2.44 bits per heavy atom. The molecule has 1 N–H and O–H groups in total. The van der Waals surface area contributed by atoms with Crippen LogP contribution in [0.25, 0.3) is 0 Å². The zero-order chi connectivity index (χ0) is 19.2. The van der Waals surface area contributed by atoms with E-state index in [1.807, 2.05) is 13.8 Å². The predicted octanol–water partition coefficient (Wildman–Crippen LogP) is 2.99. The number of carbonyl (C=O) groups excluding carboxylic acids is 1. The number of benzene rings is 2. The van der Waals surface area contributed by atoms with Crippen molar-refractivity contribution >= 4 is 27.3 Å². The van der Waals surface area contributed by atoms with Gasteiger partial charge in [0, 0.05) is 37.7 Å².